The second kappa shape index (κ2) is 4.31. The van der Waals surface area contributed by atoms with E-state index in [9.17, 15) is 14.7 Å². The van der Waals surface area contributed by atoms with Crippen LogP contribution in [-0.2, 0) is 0 Å². The first kappa shape index (κ1) is 12.2. The fraction of sp³-hybridized carbons (Fsp3) is 0.0909. The number of fused-ring (bicyclic) bond motifs is 1. The molecule has 0 aliphatic heterocycles. The van der Waals surface area contributed by atoms with E-state index in [2.05, 4.69) is 0 Å². The molecule has 0 aromatic heterocycles. The van der Waals surface area contributed by atoms with Crippen molar-refractivity contribution in [2.75, 3.05) is 0 Å². The average molecular weight is 210 g/mol. The van der Waals surface area contributed by atoms with E-state index in [1.165, 1.54) is 0 Å². The Hall–Kier alpha value is -0.900. The first-order valence-corrected chi connectivity index (χ1v) is 4.17. The average Bonchev–Trinajstić information content (AvgIpc) is 2.39. The summed E-state index contributed by atoms with van der Waals surface area (Å²) in [5, 5.41) is 10.5. The van der Waals surface area contributed by atoms with Crippen molar-refractivity contribution in [1.29, 1.82) is 0 Å². The van der Waals surface area contributed by atoms with Crippen molar-refractivity contribution < 1.29 is 44.3 Å². The molecule has 1 aromatic carbocycles. The van der Waals surface area contributed by atoms with Crippen LogP contribution < -0.4 is 34.7 Å². The Morgan fingerprint density at radius 3 is 2.33 bits per heavy atom. The molecule has 1 aliphatic carbocycles. The number of aryl methyl sites for hydroxylation is 1. The maximum atomic E-state index is 11.5. The molecule has 2 rings (SSSR count). The molecule has 0 saturated heterocycles. The molecule has 0 amide bonds. The normalized spacial score (nSPS) is 16.5. The van der Waals surface area contributed by atoms with E-state index < -0.39 is 11.6 Å². The number of carbonyl (C=O) groups is 2. The minimum Gasteiger partial charge on any atom is -0.877 e. The molecular weight excluding hydrogens is 203 g/mol. The summed E-state index contributed by atoms with van der Waals surface area (Å²) in [6.45, 7) is 1.83. The second-order valence-electron chi connectivity index (χ2n) is 3.24. The Bertz CT molecular complexity index is 475. The summed E-state index contributed by atoms with van der Waals surface area (Å²) in [6.07, 6.45) is 0.333. The second-order valence-corrected chi connectivity index (χ2v) is 3.24. The molecular formula is C11H7NaO3. The van der Waals surface area contributed by atoms with Gasteiger partial charge in [-0.3, -0.25) is 9.59 Å². The number of ketones is 2. The number of rotatable bonds is 0. The van der Waals surface area contributed by atoms with Gasteiger partial charge in [0.25, 0.3) is 0 Å². The fourth-order valence-corrected chi connectivity index (χ4v) is 1.54. The molecule has 0 unspecified atom stereocenters. The zero-order valence-electron chi connectivity index (χ0n) is 8.53. The Labute approximate surface area is 109 Å². The summed E-state index contributed by atoms with van der Waals surface area (Å²) in [7, 11) is 0. The SMILES string of the molecule is Cc1ccc2c(c1)C(=O)/C(=C\[O-])C2=O.[Na+]. The Kier molecular flexibility index (Phi) is 3.50. The van der Waals surface area contributed by atoms with Gasteiger partial charge in [-0.25, -0.2) is 0 Å². The van der Waals surface area contributed by atoms with Gasteiger partial charge >= 0.3 is 29.6 Å². The third-order valence-corrected chi connectivity index (χ3v) is 2.27. The summed E-state index contributed by atoms with van der Waals surface area (Å²) >= 11 is 0. The van der Waals surface area contributed by atoms with Crippen LogP contribution in [0, 0.1) is 6.92 Å². The van der Waals surface area contributed by atoms with Gasteiger partial charge in [0.1, 0.15) is 0 Å². The van der Waals surface area contributed by atoms with Gasteiger partial charge in [0.2, 0.25) is 0 Å². The van der Waals surface area contributed by atoms with Gasteiger partial charge in [0, 0.05) is 11.1 Å². The van der Waals surface area contributed by atoms with Crippen molar-refractivity contribution in [3.05, 3.63) is 46.7 Å². The van der Waals surface area contributed by atoms with E-state index in [4.69, 9.17) is 0 Å². The molecule has 0 heterocycles. The minimum absolute atomic E-state index is 0. The van der Waals surface area contributed by atoms with Gasteiger partial charge in [-0.15, -0.1) is 6.26 Å². The third kappa shape index (κ3) is 1.78. The summed E-state index contributed by atoms with van der Waals surface area (Å²) in [4.78, 5) is 23.0. The molecule has 15 heavy (non-hydrogen) atoms. The molecule has 0 bridgehead atoms. The van der Waals surface area contributed by atoms with E-state index in [-0.39, 0.29) is 35.1 Å². The molecule has 1 aromatic rings. The molecule has 4 heteroatoms. The van der Waals surface area contributed by atoms with Gasteiger partial charge in [-0.1, -0.05) is 17.7 Å². The zero-order chi connectivity index (χ0) is 10.3. The van der Waals surface area contributed by atoms with Crippen LogP contribution in [0.3, 0.4) is 0 Å². The largest absolute Gasteiger partial charge is 1.00 e. The molecule has 0 radical (unpaired) electrons. The molecule has 1 aliphatic rings. The van der Waals surface area contributed by atoms with E-state index in [1.54, 1.807) is 18.2 Å². The van der Waals surface area contributed by atoms with Crippen LogP contribution in [0.25, 0.3) is 0 Å². The maximum absolute atomic E-state index is 11.5. The van der Waals surface area contributed by atoms with Crippen molar-refractivity contribution in [3.63, 3.8) is 0 Å². The van der Waals surface area contributed by atoms with Crippen LogP contribution in [0.2, 0.25) is 0 Å². The maximum Gasteiger partial charge on any atom is 1.00 e. The van der Waals surface area contributed by atoms with Crippen molar-refractivity contribution in [2.45, 2.75) is 6.92 Å². The first-order chi connectivity index (χ1) is 6.65. The van der Waals surface area contributed by atoms with Crippen LogP contribution in [0.15, 0.2) is 30.0 Å². The molecule has 3 nitrogen and oxygen atoms in total. The number of Topliss-reactive ketones (excluding diaryl/α,β-unsaturated/α-hetero) is 2. The van der Waals surface area contributed by atoms with Crippen molar-refractivity contribution >= 4 is 11.6 Å². The number of hydrogen-bond donors (Lipinski definition) is 0. The summed E-state index contributed by atoms with van der Waals surface area (Å²) in [5.74, 6) is -0.913. The summed E-state index contributed by atoms with van der Waals surface area (Å²) < 4.78 is 0. The predicted molar refractivity (Wildman–Crippen MR) is 47.9 cm³/mol. The van der Waals surface area contributed by atoms with Crippen LogP contribution in [0.1, 0.15) is 26.3 Å². The molecule has 70 valence electrons. The van der Waals surface area contributed by atoms with E-state index in [0.717, 1.165) is 5.56 Å². The van der Waals surface area contributed by atoms with Crippen LogP contribution in [-0.4, -0.2) is 11.6 Å². The Morgan fingerprint density at radius 2 is 1.73 bits per heavy atom. The van der Waals surface area contributed by atoms with Crippen molar-refractivity contribution in [2.24, 2.45) is 0 Å². The van der Waals surface area contributed by atoms with Crippen molar-refractivity contribution in [1.82, 2.24) is 0 Å². The topological polar surface area (TPSA) is 57.2 Å². The van der Waals surface area contributed by atoms with Gasteiger partial charge in [0.05, 0.1) is 5.57 Å². The van der Waals surface area contributed by atoms with Gasteiger partial charge in [-0.2, -0.15) is 0 Å². The van der Waals surface area contributed by atoms with Crippen LogP contribution in [0.4, 0.5) is 0 Å². The minimum atomic E-state index is -0.458. The molecule has 0 saturated carbocycles. The standard InChI is InChI=1S/C11H8O3.Na/c1-6-2-3-7-8(4-6)11(14)9(5-12)10(7)13;/h2-5,12H,1H3;/q;+1/p-1/b9-5-;. The Morgan fingerprint density at radius 1 is 1.13 bits per heavy atom. The van der Waals surface area contributed by atoms with E-state index in [0.29, 0.717) is 17.4 Å². The van der Waals surface area contributed by atoms with E-state index in [1.807, 2.05) is 6.92 Å². The van der Waals surface area contributed by atoms with Crippen molar-refractivity contribution in [3.8, 4) is 0 Å². The number of benzene rings is 1. The van der Waals surface area contributed by atoms with Gasteiger partial charge in [-0.05, 0) is 13.0 Å². The quantitative estimate of drug-likeness (QED) is 0.208. The number of hydrogen-bond acceptors (Lipinski definition) is 3. The van der Waals surface area contributed by atoms with Crippen LogP contribution >= 0.6 is 0 Å². The number of allylic oxidation sites excluding steroid dienone is 1. The molecule has 0 N–H and O–H groups in total. The number of carbonyl (C=O) groups excluding carboxylic acids is 2. The smallest absolute Gasteiger partial charge is 0.877 e. The predicted octanol–water partition coefficient (Wildman–Crippen LogP) is -2.38. The van der Waals surface area contributed by atoms with Gasteiger partial charge < -0.3 is 5.11 Å². The molecule has 0 spiro atoms. The molecule has 0 atom stereocenters. The molecule has 0 fully saturated rings. The monoisotopic (exact) mass is 210 g/mol. The zero-order valence-corrected chi connectivity index (χ0v) is 10.5. The fourth-order valence-electron chi connectivity index (χ4n) is 1.54. The summed E-state index contributed by atoms with van der Waals surface area (Å²) in [6, 6.07) is 4.96. The van der Waals surface area contributed by atoms with E-state index >= 15 is 0 Å². The van der Waals surface area contributed by atoms with Crippen LogP contribution in [0.5, 0.6) is 0 Å². The third-order valence-electron chi connectivity index (χ3n) is 2.27. The summed E-state index contributed by atoms with van der Waals surface area (Å²) in [5.41, 5.74) is 1.32. The van der Waals surface area contributed by atoms with Gasteiger partial charge in [0.15, 0.2) is 11.6 Å². The Balaban J connectivity index is 0.00000112. The first-order valence-electron chi connectivity index (χ1n) is 4.17.